The van der Waals surface area contributed by atoms with E-state index in [1.54, 1.807) is 33.8 Å². The van der Waals surface area contributed by atoms with E-state index in [4.69, 9.17) is 28.3 Å². The van der Waals surface area contributed by atoms with Gasteiger partial charge in [-0.3, -0.25) is 24.6 Å². The zero-order valence-electron chi connectivity index (χ0n) is 31.1. The minimum Gasteiger partial charge on any atom is -0.508 e. The maximum atomic E-state index is 14.3. The lowest BCUT2D eigenvalue weighted by molar-refractivity contribution is -0.134. The van der Waals surface area contributed by atoms with Crippen LogP contribution in [0.4, 0.5) is 0 Å². The van der Waals surface area contributed by atoms with Crippen LogP contribution in [0.3, 0.4) is 0 Å². The first-order valence-electron chi connectivity index (χ1n) is 17.2. The zero-order valence-corrected chi connectivity index (χ0v) is 31.1. The van der Waals surface area contributed by atoms with Crippen molar-refractivity contribution in [3.8, 4) is 5.75 Å². The van der Waals surface area contributed by atoms with Gasteiger partial charge in [-0.25, -0.2) is 0 Å². The third kappa shape index (κ3) is 12.4. The summed E-state index contributed by atoms with van der Waals surface area (Å²) in [7, 11) is 9.39. The van der Waals surface area contributed by atoms with Crippen LogP contribution in [0.5, 0.6) is 5.75 Å². The number of aromatic hydroxyl groups is 1. The van der Waals surface area contributed by atoms with Gasteiger partial charge in [0.2, 0.25) is 23.6 Å². The highest BCUT2D eigenvalue weighted by Gasteiger charge is 2.42. The Morgan fingerprint density at radius 1 is 0.882 bits per heavy atom. The number of amides is 4. The third-order valence-electron chi connectivity index (χ3n) is 10.1. The Balaban J connectivity index is 2.50. The molecule has 19 heteroatoms. The number of rotatable bonds is 19. The molecule has 0 spiro atoms. The van der Waals surface area contributed by atoms with Crippen LogP contribution < -0.4 is 44.2 Å². The number of phenolic OH excluding ortho intramolecular Hbond substituents is 1. The number of hydrogen-bond acceptors (Lipinski definition) is 8. The normalized spacial score (nSPS) is 14.6. The summed E-state index contributed by atoms with van der Waals surface area (Å²) in [5.41, 5.74) is 24.9. The fourth-order valence-corrected chi connectivity index (χ4v) is 5.76. The molecule has 2 aromatic carbocycles. The number of nitrogens with two attached hydrogens (primary N) is 4. The molecule has 0 aliphatic rings. The lowest BCUT2D eigenvalue weighted by atomic mass is 9.28. The van der Waals surface area contributed by atoms with E-state index in [0.29, 0.717) is 30.6 Å². The molecule has 0 heterocycles. The maximum Gasteiger partial charge on any atom is 0.243 e. The Hall–Kier alpha value is -4.37. The monoisotopic (exact) mass is 699 g/mol. The minimum atomic E-state index is -1.49. The molecule has 0 fully saturated rings. The lowest BCUT2D eigenvalue weighted by Gasteiger charge is -2.44. The van der Waals surface area contributed by atoms with Crippen molar-refractivity contribution in [3.05, 3.63) is 64.7 Å². The van der Waals surface area contributed by atoms with Gasteiger partial charge in [0, 0.05) is 13.0 Å². The van der Waals surface area contributed by atoms with Gasteiger partial charge in [-0.1, -0.05) is 40.8 Å². The standard InChI is InChI=1S/C32H54B5N9O5/c1-17-11-20(47)12-18(2)21(17)13-23(44-25(48)22(39)9-6-10-43-29(41)42)26(49)45-24(15-31(34,35)32(36,37)16-38)27(50)46-30(33,28(40)51)14-19-7-4-3-5-8-19/h3-5,7-8,11-12,22-24,47H,6,9-10,13-16,33-39H2,1-2H3,(H2,40,51)(H,44,48)(H,45,49)(H,46,50)(H4,41,42,43)/t22-,23+,24+,30+/m1/s1. The fourth-order valence-electron chi connectivity index (χ4n) is 5.76. The summed E-state index contributed by atoms with van der Waals surface area (Å²) in [6.07, 6.45) is 0.975. The fraction of sp³-hybridized carbons (Fsp3) is 0.469. The van der Waals surface area contributed by atoms with Crippen LogP contribution in [-0.2, 0) is 32.0 Å². The van der Waals surface area contributed by atoms with Crippen molar-refractivity contribution in [3.63, 3.8) is 0 Å². The molecule has 0 bridgehead atoms. The van der Waals surface area contributed by atoms with Crippen molar-refractivity contribution in [1.82, 2.24) is 21.3 Å². The van der Waals surface area contributed by atoms with Gasteiger partial charge < -0.3 is 49.3 Å². The summed E-state index contributed by atoms with van der Waals surface area (Å²) >= 11 is 0. The second-order valence-electron chi connectivity index (χ2n) is 15.0. The molecule has 51 heavy (non-hydrogen) atoms. The molecule has 0 aromatic heterocycles. The van der Waals surface area contributed by atoms with Crippen LogP contribution >= 0.6 is 0 Å². The van der Waals surface area contributed by atoms with E-state index in [9.17, 15) is 24.3 Å². The number of carbonyl (C=O) groups excluding carboxylic acids is 4. The number of aryl methyl sites for hydroxylation is 2. The molecule has 4 amide bonds. The lowest BCUT2D eigenvalue weighted by Crippen LogP contribution is -2.64. The van der Waals surface area contributed by atoms with Gasteiger partial charge >= 0.3 is 0 Å². The number of guanidine groups is 1. The molecule has 0 saturated heterocycles. The van der Waals surface area contributed by atoms with E-state index in [1.165, 1.54) is 0 Å². The summed E-state index contributed by atoms with van der Waals surface area (Å²) in [5.74, 6) is -2.74. The van der Waals surface area contributed by atoms with Gasteiger partial charge in [-0.2, -0.15) is 0 Å². The predicted molar refractivity (Wildman–Crippen MR) is 214 cm³/mol. The van der Waals surface area contributed by atoms with Crippen molar-refractivity contribution in [2.45, 2.75) is 79.9 Å². The molecule has 14 nitrogen and oxygen atoms in total. The second-order valence-corrected chi connectivity index (χ2v) is 15.0. The first kappa shape index (κ1) is 42.8. The quantitative estimate of drug-likeness (QED) is 0.0290. The van der Waals surface area contributed by atoms with E-state index in [1.807, 2.05) is 61.7 Å². The maximum absolute atomic E-state index is 14.3. The number of nitrogens with one attached hydrogen (secondary N) is 5. The molecular formula is C32H54B5N9O5. The minimum absolute atomic E-state index is 0.0349. The van der Waals surface area contributed by atoms with Gasteiger partial charge in [-0.05, 0) is 80.5 Å². The molecule has 2 rings (SSSR count). The van der Waals surface area contributed by atoms with Crippen molar-refractivity contribution < 1.29 is 24.3 Å². The molecule has 272 valence electrons. The number of benzene rings is 2. The Kier molecular flexibility index (Phi) is 15.3. The number of primary amides is 1. The summed E-state index contributed by atoms with van der Waals surface area (Å²) in [6, 6.07) is 8.94. The average molecular weight is 699 g/mol. The van der Waals surface area contributed by atoms with Gasteiger partial charge in [-0.15, -0.1) is 0 Å². The average Bonchev–Trinajstić information content (AvgIpc) is 3.03. The van der Waals surface area contributed by atoms with Crippen LogP contribution in [-0.4, -0.2) is 111 Å². The summed E-state index contributed by atoms with van der Waals surface area (Å²) in [4.78, 5) is 54.7. The molecule has 14 N–H and O–H groups in total. The first-order chi connectivity index (χ1) is 23.6. The number of hydrogen-bond donors (Lipinski definition) is 10. The SMILES string of the molecule is BC(B)(CN)C(B)(B)C[C@H](NC(=O)[C@H](Cc1c(C)cc(O)cc1C)NC(=O)[C@H](N)CCCNC(=N)N)C(=O)N[C@@](B)(Cc1ccccc1)C(N)=O. The van der Waals surface area contributed by atoms with Crippen LogP contribution in [0.2, 0.25) is 10.4 Å². The summed E-state index contributed by atoms with van der Waals surface area (Å²) in [5, 5.41) is 27.5. The van der Waals surface area contributed by atoms with E-state index in [0.717, 1.165) is 11.1 Å². The van der Waals surface area contributed by atoms with Gasteiger partial charge in [0.15, 0.2) is 5.96 Å². The molecule has 0 radical (unpaired) electrons. The highest BCUT2D eigenvalue weighted by atomic mass is 16.3. The highest BCUT2D eigenvalue weighted by Crippen LogP contribution is 2.44. The molecule has 0 aliphatic carbocycles. The predicted octanol–water partition coefficient (Wildman–Crippen LogP) is -5.60. The first-order valence-corrected chi connectivity index (χ1v) is 17.2. The molecule has 4 atom stereocenters. The molecule has 0 aliphatic heterocycles. The molecule has 0 unspecified atom stereocenters. The topological polar surface area (TPSA) is 265 Å². The van der Waals surface area contributed by atoms with Crippen LogP contribution in [0.15, 0.2) is 42.5 Å². The summed E-state index contributed by atoms with van der Waals surface area (Å²) in [6.45, 7) is 4.22. The number of phenols is 1. The van der Waals surface area contributed by atoms with Crippen molar-refractivity contribution in [2.24, 2.45) is 22.9 Å². The Bertz CT molecular complexity index is 1540. The van der Waals surface area contributed by atoms with Crippen LogP contribution in [0, 0.1) is 19.3 Å². The zero-order chi connectivity index (χ0) is 38.7. The Morgan fingerprint density at radius 3 is 1.98 bits per heavy atom. The van der Waals surface area contributed by atoms with Crippen LogP contribution in [0.1, 0.15) is 41.5 Å². The molecule has 2 aromatic rings. The second kappa shape index (κ2) is 18.2. The third-order valence-corrected chi connectivity index (χ3v) is 10.1. The number of carbonyl (C=O) groups is 4. The van der Waals surface area contributed by atoms with E-state index >= 15 is 0 Å². The Morgan fingerprint density at radius 2 is 1.45 bits per heavy atom. The molecular weight excluding hydrogens is 644 g/mol. The van der Waals surface area contributed by atoms with E-state index in [2.05, 4.69) is 21.3 Å². The summed E-state index contributed by atoms with van der Waals surface area (Å²) < 4.78 is 0. The molecule has 0 saturated carbocycles. The van der Waals surface area contributed by atoms with Gasteiger partial charge in [0.1, 0.15) is 25.7 Å². The van der Waals surface area contributed by atoms with Crippen molar-refractivity contribution >= 4 is 68.8 Å². The van der Waals surface area contributed by atoms with Crippen molar-refractivity contribution in [2.75, 3.05) is 13.1 Å². The highest BCUT2D eigenvalue weighted by molar-refractivity contribution is 6.54. The largest absolute Gasteiger partial charge is 0.508 e. The van der Waals surface area contributed by atoms with E-state index in [-0.39, 0.29) is 37.4 Å². The van der Waals surface area contributed by atoms with E-state index < -0.39 is 57.6 Å². The van der Waals surface area contributed by atoms with Gasteiger partial charge in [0.05, 0.1) is 42.9 Å². The van der Waals surface area contributed by atoms with Crippen LogP contribution in [0.25, 0.3) is 0 Å². The smallest absolute Gasteiger partial charge is 0.243 e. The van der Waals surface area contributed by atoms with Gasteiger partial charge in [0.25, 0.3) is 0 Å². The van der Waals surface area contributed by atoms with Crippen molar-refractivity contribution in [1.29, 1.82) is 5.41 Å². The Labute approximate surface area is 305 Å².